The van der Waals surface area contributed by atoms with Gasteiger partial charge in [0, 0.05) is 38.9 Å². The zero-order chi connectivity index (χ0) is 18.9. The van der Waals surface area contributed by atoms with Crippen molar-refractivity contribution in [3.63, 3.8) is 0 Å². The summed E-state index contributed by atoms with van der Waals surface area (Å²) in [5.41, 5.74) is -0.621. The SMILES string of the molecule is CCCC(=O)N1CCC2(CC1)OCCN2S(=O)(=O)c1ccc(F)c(C)c1. The molecule has 26 heavy (non-hydrogen) atoms. The van der Waals surface area contributed by atoms with E-state index in [9.17, 15) is 17.6 Å². The molecular weight excluding hydrogens is 359 g/mol. The molecule has 2 heterocycles. The monoisotopic (exact) mass is 384 g/mol. The number of likely N-dealkylation sites (tertiary alicyclic amines) is 1. The Morgan fingerprint density at radius 2 is 1.96 bits per heavy atom. The smallest absolute Gasteiger partial charge is 0.245 e. The fourth-order valence-corrected chi connectivity index (χ4v) is 5.52. The van der Waals surface area contributed by atoms with Crippen LogP contribution in [0.5, 0.6) is 0 Å². The summed E-state index contributed by atoms with van der Waals surface area (Å²) in [6.45, 7) is 5.05. The first kappa shape index (κ1) is 19.3. The van der Waals surface area contributed by atoms with Crippen LogP contribution in [-0.4, -0.2) is 55.5 Å². The van der Waals surface area contributed by atoms with E-state index in [4.69, 9.17) is 4.74 Å². The van der Waals surface area contributed by atoms with Crippen molar-refractivity contribution in [2.75, 3.05) is 26.2 Å². The normalized spacial score (nSPS) is 20.7. The van der Waals surface area contributed by atoms with Gasteiger partial charge in [-0.1, -0.05) is 6.92 Å². The van der Waals surface area contributed by atoms with E-state index in [0.29, 0.717) is 44.5 Å². The topological polar surface area (TPSA) is 66.9 Å². The van der Waals surface area contributed by atoms with Gasteiger partial charge < -0.3 is 9.64 Å². The molecule has 2 aliphatic heterocycles. The van der Waals surface area contributed by atoms with Crippen molar-refractivity contribution in [3.8, 4) is 0 Å². The van der Waals surface area contributed by atoms with Gasteiger partial charge in [0.05, 0.1) is 11.5 Å². The summed E-state index contributed by atoms with van der Waals surface area (Å²) >= 11 is 0. The molecule has 3 rings (SSSR count). The highest BCUT2D eigenvalue weighted by atomic mass is 32.2. The third-order valence-corrected chi connectivity index (χ3v) is 7.14. The van der Waals surface area contributed by atoms with Gasteiger partial charge in [-0.2, -0.15) is 4.31 Å². The van der Waals surface area contributed by atoms with Crippen molar-refractivity contribution in [2.45, 2.75) is 50.2 Å². The van der Waals surface area contributed by atoms with Crippen LogP contribution in [0.2, 0.25) is 0 Å². The number of hydrogen-bond acceptors (Lipinski definition) is 4. The van der Waals surface area contributed by atoms with E-state index in [0.717, 1.165) is 6.42 Å². The van der Waals surface area contributed by atoms with Crippen LogP contribution in [0.15, 0.2) is 23.1 Å². The van der Waals surface area contributed by atoms with Crippen molar-refractivity contribution in [3.05, 3.63) is 29.6 Å². The van der Waals surface area contributed by atoms with Gasteiger partial charge >= 0.3 is 0 Å². The number of sulfonamides is 1. The molecule has 0 unspecified atom stereocenters. The van der Waals surface area contributed by atoms with E-state index in [1.165, 1.54) is 22.5 Å². The Hall–Kier alpha value is -1.51. The zero-order valence-corrected chi connectivity index (χ0v) is 16.0. The summed E-state index contributed by atoms with van der Waals surface area (Å²) in [4.78, 5) is 13.9. The Morgan fingerprint density at radius 3 is 2.58 bits per heavy atom. The standard InChI is InChI=1S/C18H25FN2O4S/c1-3-4-17(22)20-9-7-18(8-10-20)21(11-12-25-18)26(23,24)15-5-6-16(19)14(2)13-15/h5-6,13H,3-4,7-12H2,1-2H3. The minimum absolute atomic E-state index is 0.0748. The summed E-state index contributed by atoms with van der Waals surface area (Å²) in [5, 5.41) is 0. The second kappa shape index (κ2) is 7.25. The van der Waals surface area contributed by atoms with Gasteiger partial charge in [-0.05, 0) is 37.1 Å². The maximum Gasteiger partial charge on any atom is 0.245 e. The molecular formula is C18H25FN2O4S. The predicted octanol–water partition coefficient (Wildman–Crippen LogP) is 2.27. The molecule has 8 heteroatoms. The minimum atomic E-state index is -3.80. The average molecular weight is 384 g/mol. The summed E-state index contributed by atoms with van der Waals surface area (Å²) in [7, 11) is -3.80. The molecule has 0 bridgehead atoms. The molecule has 0 aromatic heterocycles. The number of benzene rings is 1. The van der Waals surface area contributed by atoms with Gasteiger partial charge in [0.25, 0.3) is 0 Å². The Balaban J connectivity index is 1.82. The Morgan fingerprint density at radius 1 is 1.27 bits per heavy atom. The maximum atomic E-state index is 13.5. The molecule has 0 aliphatic carbocycles. The van der Waals surface area contributed by atoms with Crippen molar-refractivity contribution in [2.24, 2.45) is 0 Å². The zero-order valence-electron chi connectivity index (χ0n) is 15.2. The van der Waals surface area contributed by atoms with Crippen molar-refractivity contribution >= 4 is 15.9 Å². The van der Waals surface area contributed by atoms with Gasteiger partial charge in [-0.15, -0.1) is 0 Å². The van der Waals surface area contributed by atoms with Crippen LogP contribution in [0.3, 0.4) is 0 Å². The van der Waals surface area contributed by atoms with E-state index in [2.05, 4.69) is 0 Å². The number of hydrogen-bond donors (Lipinski definition) is 0. The lowest BCUT2D eigenvalue weighted by molar-refractivity contribution is -0.140. The van der Waals surface area contributed by atoms with Crippen LogP contribution in [0, 0.1) is 12.7 Å². The number of aryl methyl sites for hydroxylation is 1. The lowest BCUT2D eigenvalue weighted by Crippen LogP contribution is -2.55. The molecule has 0 atom stereocenters. The highest BCUT2D eigenvalue weighted by Crippen LogP contribution is 2.38. The maximum absolute atomic E-state index is 13.5. The van der Waals surface area contributed by atoms with Crippen LogP contribution < -0.4 is 0 Å². The second-order valence-electron chi connectivity index (χ2n) is 6.91. The third kappa shape index (κ3) is 3.37. The van der Waals surface area contributed by atoms with E-state index < -0.39 is 21.6 Å². The molecule has 2 saturated heterocycles. The first-order valence-electron chi connectivity index (χ1n) is 9.01. The fraction of sp³-hybridized carbons (Fsp3) is 0.611. The number of rotatable bonds is 4. The molecule has 1 aromatic rings. The molecule has 0 radical (unpaired) electrons. The summed E-state index contributed by atoms with van der Waals surface area (Å²) in [5.74, 6) is -0.331. The predicted molar refractivity (Wildman–Crippen MR) is 94.4 cm³/mol. The van der Waals surface area contributed by atoms with E-state index in [1.807, 2.05) is 6.92 Å². The highest BCUT2D eigenvalue weighted by Gasteiger charge is 2.50. The molecule has 144 valence electrons. The van der Waals surface area contributed by atoms with Crippen molar-refractivity contribution < 1.29 is 22.3 Å². The number of halogens is 1. The molecule has 2 aliphatic rings. The fourth-order valence-electron chi connectivity index (χ4n) is 3.71. The molecule has 0 N–H and O–H groups in total. The number of piperidine rings is 1. The Labute approximate surface area is 154 Å². The van der Waals surface area contributed by atoms with Crippen LogP contribution in [0.1, 0.15) is 38.2 Å². The van der Waals surface area contributed by atoms with E-state index in [1.54, 1.807) is 11.8 Å². The largest absolute Gasteiger partial charge is 0.358 e. The van der Waals surface area contributed by atoms with Gasteiger partial charge in [0.2, 0.25) is 15.9 Å². The van der Waals surface area contributed by atoms with Crippen LogP contribution in [0.4, 0.5) is 4.39 Å². The average Bonchev–Trinajstić information content (AvgIpc) is 3.02. The molecule has 2 fully saturated rings. The number of nitrogens with zero attached hydrogens (tertiary/aromatic N) is 2. The molecule has 6 nitrogen and oxygen atoms in total. The Bertz CT molecular complexity index is 788. The molecule has 1 amide bonds. The molecule has 0 saturated carbocycles. The summed E-state index contributed by atoms with van der Waals surface area (Å²) < 4.78 is 47.1. The first-order chi connectivity index (χ1) is 12.3. The highest BCUT2D eigenvalue weighted by molar-refractivity contribution is 7.89. The minimum Gasteiger partial charge on any atom is -0.358 e. The van der Waals surface area contributed by atoms with Crippen molar-refractivity contribution in [1.82, 2.24) is 9.21 Å². The lowest BCUT2D eigenvalue weighted by Gasteiger charge is -2.42. The molecule has 1 aromatic carbocycles. The number of ether oxygens (including phenoxy) is 1. The quantitative estimate of drug-likeness (QED) is 0.799. The van der Waals surface area contributed by atoms with Crippen LogP contribution in [-0.2, 0) is 19.6 Å². The summed E-state index contributed by atoms with van der Waals surface area (Å²) in [6, 6.07) is 3.83. The van der Waals surface area contributed by atoms with Gasteiger partial charge in [0.15, 0.2) is 0 Å². The number of carbonyl (C=O) groups is 1. The second-order valence-corrected chi connectivity index (χ2v) is 8.78. The Kier molecular flexibility index (Phi) is 5.37. The van der Waals surface area contributed by atoms with Gasteiger partial charge in [0.1, 0.15) is 11.5 Å². The van der Waals surface area contributed by atoms with Gasteiger partial charge in [-0.25, -0.2) is 12.8 Å². The third-order valence-electron chi connectivity index (χ3n) is 5.20. The lowest BCUT2D eigenvalue weighted by atomic mass is 10.0. The summed E-state index contributed by atoms with van der Waals surface area (Å²) in [6.07, 6.45) is 2.19. The molecule has 1 spiro atoms. The number of amides is 1. The number of carbonyl (C=O) groups excluding carboxylic acids is 1. The van der Waals surface area contributed by atoms with E-state index in [-0.39, 0.29) is 17.3 Å². The van der Waals surface area contributed by atoms with E-state index >= 15 is 0 Å². The van der Waals surface area contributed by atoms with Crippen LogP contribution in [0.25, 0.3) is 0 Å². The van der Waals surface area contributed by atoms with Gasteiger partial charge in [-0.3, -0.25) is 4.79 Å². The van der Waals surface area contributed by atoms with Crippen molar-refractivity contribution in [1.29, 1.82) is 0 Å². The van der Waals surface area contributed by atoms with Crippen LogP contribution >= 0.6 is 0 Å². The first-order valence-corrected chi connectivity index (χ1v) is 10.4.